The average molecular weight is 321 g/mol. The lowest BCUT2D eigenvalue weighted by Crippen LogP contribution is -2.20. The van der Waals surface area contributed by atoms with Crippen LogP contribution in [0, 0.1) is 6.92 Å². The van der Waals surface area contributed by atoms with Gasteiger partial charge in [0.25, 0.3) is 0 Å². The minimum absolute atomic E-state index is 0.0638. The Morgan fingerprint density at radius 1 is 1.26 bits per heavy atom. The van der Waals surface area contributed by atoms with Crippen molar-refractivity contribution in [2.75, 3.05) is 6.61 Å². The van der Waals surface area contributed by atoms with Gasteiger partial charge in [-0.25, -0.2) is 4.68 Å². The molecular weight excluding hydrogens is 304 g/mol. The second-order valence-corrected chi connectivity index (χ2v) is 5.67. The maximum atomic E-state index is 5.87. The van der Waals surface area contributed by atoms with E-state index in [1.165, 1.54) is 12.0 Å². The highest BCUT2D eigenvalue weighted by Crippen LogP contribution is 2.35. The molecule has 1 atom stereocenters. The van der Waals surface area contributed by atoms with Gasteiger partial charge in [0.1, 0.15) is 0 Å². The molecule has 0 N–H and O–H groups in total. The van der Waals surface area contributed by atoms with Gasteiger partial charge in [-0.15, -0.1) is 0 Å². The molecule has 1 aromatic carbocycles. The lowest BCUT2D eigenvalue weighted by molar-refractivity contribution is -0.0385. The van der Waals surface area contributed by atoms with E-state index in [1.54, 1.807) is 0 Å². The third-order valence-electron chi connectivity index (χ3n) is 3.49. The van der Waals surface area contributed by atoms with Crippen LogP contribution in [0.1, 0.15) is 31.2 Å². The van der Waals surface area contributed by atoms with E-state index in [9.17, 15) is 0 Å². The van der Waals surface area contributed by atoms with Crippen molar-refractivity contribution in [1.29, 1.82) is 0 Å². The van der Waals surface area contributed by atoms with Crippen LogP contribution < -0.4 is 0 Å². The molecule has 1 aliphatic rings. The molecule has 19 heavy (non-hydrogen) atoms. The zero-order valence-corrected chi connectivity index (χ0v) is 12.6. The third kappa shape index (κ3) is 2.47. The Hall–Kier alpha value is -1.13. The predicted octanol–water partition coefficient (Wildman–Crippen LogP) is 4.32. The first-order valence-corrected chi connectivity index (χ1v) is 7.48. The van der Waals surface area contributed by atoms with Crippen molar-refractivity contribution < 1.29 is 4.74 Å². The van der Waals surface area contributed by atoms with Crippen molar-refractivity contribution in [3.05, 3.63) is 40.5 Å². The van der Waals surface area contributed by atoms with E-state index in [0.29, 0.717) is 0 Å². The summed E-state index contributed by atoms with van der Waals surface area (Å²) in [7, 11) is 0. The number of aryl methyl sites for hydroxylation is 1. The summed E-state index contributed by atoms with van der Waals surface area (Å²) in [4.78, 5) is 0. The summed E-state index contributed by atoms with van der Waals surface area (Å²) in [5.41, 5.74) is 3.29. The Bertz CT molecular complexity index is 559. The molecule has 3 rings (SSSR count). The quantitative estimate of drug-likeness (QED) is 0.824. The maximum Gasteiger partial charge on any atom is 0.150 e. The van der Waals surface area contributed by atoms with Crippen LogP contribution >= 0.6 is 15.9 Å². The first kappa shape index (κ1) is 12.9. The van der Waals surface area contributed by atoms with Crippen LogP contribution in [-0.2, 0) is 4.74 Å². The number of hydrogen-bond acceptors (Lipinski definition) is 2. The second kappa shape index (κ2) is 5.47. The summed E-state index contributed by atoms with van der Waals surface area (Å²) in [6, 6.07) is 10.4. The topological polar surface area (TPSA) is 27.1 Å². The van der Waals surface area contributed by atoms with E-state index < -0.39 is 0 Å². The number of hydrogen-bond donors (Lipinski definition) is 0. The molecule has 1 aromatic heterocycles. The first-order chi connectivity index (χ1) is 9.27. The Balaban J connectivity index is 2.07. The molecule has 100 valence electrons. The molecule has 0 saturated carbocycles. The SMILES string of the molecule is Cc1nn(C2CCCCO2)c(-c2ccccc2)c1Br. The molecule has 1 saturated heterocycles. The number of aromatic nitrogens is 2. The van der Waals surface area contributed by atoms with Gasteiger partial charge in [-0.2, -0.15) is 5.10 Å². The van der Waals surface area contributed by atoms with Crippen LogP contribution in [0.3, 0.4) is 0 Å². The van der Waals surface area contributed by atoms with Gasteiger partial charge in [0.2, 0.25) is 0 Å². The standard InChI is InChI=1S/C15H17BrN2O/c1-11-14(16)15(12-7-3-2-4-8-12)18(17-11)13-9-5-6-10-19-13/h2-4,7-8,13H,5-6,9-10H2,1H3. The van der Waals surface area contributed by atoms with Crippen LogP contribution in [-0.4, -0.2) is 16.4 Å². The molecule has 1 unspecified atom stereocenters. The highest BCUT2D eigenvalue weighted by Gasteiger charge is 2.23. The molecule has 2 heterocycles. The van der Waals surface area contributed by atoms with Crippen molar-refractivity contribution in [2.45, 2.75) is 32.4 Å². The number of benzene rings is 1. The van der Waals surface area contributed by atoms with E-state index in [2.05, 4.69) is 45.3 Å². The molecule has 4 heteroatoms. The van der Waals surface area contributed by atoms with E-state index >= 15 is 0 Å². The predicted molar refractivity (Wildman–Crippen MR) is 78.9 cm³/mol. The van der Waals surface area contributed by atoms with Gasteiger partial charge < -0.3 is 4.74 Å². The van der Waals surface area contributed by atoms with E-state index in [4.69, 9.17) is 4.74 Å². The van der Waals surface area contributed by atoms with Gasteiger partial charge in [-0.1, -0.05) is 30.3 Å². The lowest BCUT2D eigenvalue weighted by atomic mass is 10.1. The van der Waals surface area contributed by atoms with Crippen molar-refractivity contribution in [3.63, 3.8) is 0 Å². The summed E-state index contributed by atoms with van der Waals surface area (Å²) >= 11 is 3.67. The first-order valence-electron chi connectivity index (χ1n) is 6.69. The van der Waals surface area contributed by atoms with E-state index in [1.807, 2.05) is 17.7 Å². The molecule has 1 fully saturated rings. The molecule has 3 nitrogen and oxygen atoms in total. The molecule has 0 amide bonds. The largest absolute Gasteiger partial charge is 0.356 e. The number of halogens is 1. The average Bonchev–Trinajstić information content (AvgIpc) is 2.77. The smallest absolute Gasteiger partial charge is 0.150 e. The summed E-state index contributed by atoms with van der Waals surface area (Å²) in [6.45, 7) is 2.85. The van der Waals surface area contributed by atoms with Crippen LogP contribution in [0.15, 0.2) is 34.8 Å². The number of nitrogens with zero attached hydrogens (tertiary/aromatic N) is 2. The maximum absolute atomic E-state index is 5.87. The minimum atomic E-state index is 0.0638. The third-order valence-corrected chi connectivity index (χ3v) is 4.44. The van der Waals surface area contributed by atoms with Crippen molar-refractivity contribution >= 4 is 15.9 Å². The molecule has 0 radical (unpaired) electrons. The number of rotatable bonds is 2. The fraction of sp³-hybridized carbons (Fsp3) is 0.400. The van der Waals surface area contributed by atoms with Crippen molar-refractivity contribution in [2.24, 2.45) is 0 Å². The van der Waals surface area contributed by atoms with E-state index in [0.717, 1.165) is 35.3 Å². The highest BCUT2D eigenvalue weighted by molar-refractivity contribution is 9.10. The summed E-state index contributed by atoms with van der Waals surface area (Å²) in [5.74, 6) is 0. The fourth-order valence-electron chi connectivity index (χ4n) is 2.51. The van der Waals surface area contributed by atoms with Gasteiger partial charge in [-0.3, -0.25) is 0 Å². The van der Waals surface area contributed by atoms with Crippen LogP contribution in [0.4, 0.5) is 0 Å². The van der Waals surface area contributed by atoms with Crippen LogP contribution in [0.5, 0.6) is 0 Å². The fourth-order valence-corrected chi connectivity index (χ4v) is 3.00. The van der Waals surface area contributed by atoms with Gasteiger partial charge >= 0.3 is 0 Å². The molecule has 2 aromatic rings. The van der Waals surface area contributed by atoms with Crippen molar-refractivity contribution in [3.8, 4) is 11.3 Å². The van der Waals surface area contributed by atoms with Gasteiger partial charge in [0.05, 0.1) is 15.9 Å². The Morgan fingerprint density at radius 3 is 2.74 bits per heavy atom. The Kier molecular flexibility index (Phi) is 3.71. The van der Waals surface area contributed by atoms with Crippen molar-refractivity contribution in [1.82, 2.24) is 9.78 Å². The summed E-state index contributed by atoms with van der Waals surface area (Å²) < 4.78 is 8.97. The van der Waals surface area contributed by atoms with Gasteiger partial charge in [-0.05, 0) is 42.1 Å². The molecular formula is C15H17BrN2O. The van der Waals surface area contributed by atoms with E-state index in [-0.39, 0.29) is 6.23 Å². The monoisotopic (exact) mass is 320 g/mol. The van der Waals surface area contributed by atoms with Crippen LogP contribution in [0.25, 0.3) is 11.3 Å². The molecule has 0 spiro atoms. The lowest BCUT2D eigenvalue weighted by Gasteiger charge is -2.24. The van der Waals surface area contributed by atoms with Gasteiger partial charge in [0.15, 0.2) is 6.23 Å². The second-order valence-electron chi connectivity index (χ2n) is 4.88. The molecule has 1 aliphatic heterocycles. The van der Waals surface area contributed by atoms with Crippen LogP contribution in [0.2, 0.25) is 0 Å². The van der Waals surface area contributed by atoms with Gasteiger partial charge in [0, 0.05) is 12.2 Å². The zero-order chi connectivity index (χ0) is 13.2. The summed E-state index contributed by atoms with van der Waals surface area (Å²) in [6.07, 6.45) is 3.45. The highest BCUT2D eigenvalue weighted by atomic mass is 79.9. The number of ether oxygens (including phenoxy) is 1. The molecule has 0 aliphatic carbocycles. The Morgan fingerprint density at radius 2 is 2.05 bits per heavy atom. The molecule has 0 bridgehead atoms. The Labute approximate surface area is 121 Å². The normalized spacial score (nSPS) is 19.6. The zero-order valence-electron chi connectivity index (χ0n) is 11.0. The minimum Gasteiger partial charge on any atom is -0.356 e. The summed E-state index contributed by atoms with van der Waals surface area (Å²) in [5, 5.41) is 4.66.